The van der Waals surface area contributed by atoms with Gasteiger partial charge in [-0.15, -0.1) is 0 Å². The van der Waals surface area contributed by atoms with Crippen molar-refractivity contribution in [3.05, 3.63) is 65.7 Å². The monoisotopic (exact) mass is 355 g/mol. The number of rotatable bonds is 9. The van der Waals surface area contributed by atoms with Crippen LogP contribution in [0.1, 0.15) is 29.3 Å². The van der Waals surface area contributed by atoms with Crippen molar-refractivity contribution in [1.29, 1.82) is 0 Å². The third kappa shape index (κ3) is 6.05. The summed E-state index contributed by atoms with van der Waals surface area (Å²) in [7, 11) is 0. The second-order valence-corrected chi connectivity index (χ2v) is 5.52. The quantitative estimate of drug-likeness (QED) is 0.552. The van der Waals surface area contributed by atoms with Gasteiger partial charge in [-0.1, -0.05) is 37.3 Å². The molecule has 0 aliphatic heterocycles. The minimum absolute atomic E-state index is 0.0883. The van der Waals surface area contributed by atoms with Crippen LogP contribution in [0.25, 0.3) is 0 Å². The number of benzene rings is 2. The summed E-state index contributed by atoms with van der Waals surface area (Å²) in [4.78, 5) is 35.2. The van der Waals surface area contributed by atoms with Crippen molar-refractivity contribution in [2.45, 2.75) is 13.3 Å². The van der Waals surface area contributed by atoms with Crippen LogP contribution in [0.2, 0.25) is 0 Å². The molecule has 26 heavy (non-hydrogen) atoms. The number of amides is 1. The molecule has 2 aromatic carbocycles. The third-order valence-electron chi connectivity index (χ3n) is 3.45. The molecule has 0 radical (unpaired) electrons. The zero-order valence-electron chi connectivity index (χ0n) is 14.6. The highest BCUT2D eigenvalue weighted by molar-refractivity contribution is 6.08. The second kappa shape index (κ2) is 9.98. The van der Waals surface area contributed by atoms with Crippen LogP contribution >= 0.6 is 0 Å². The van der Waals surface area contributed by atoms with Gasteiger partial charge >= 0.3 is 5.97 Å². The molecule has 1 amide bonds. The van der Waals surface area contributed by atoms with Crippen LogP contribution < -0.4 is 10.1 Å². The van der Waals surface area contributed by atoms with Gasteiger partial charge in [0.2, 0.25) is 0 Å². The summed E-state index contributed by atoms with van der Waals surface area (Å²) in [5, 5.41) is 2.60. The maximum Gasteiger partial charge on any atom is 0.344 e. The first kappa shape index (κ1) is 19.2. The maximum atomic E-state index is 12.3. The zero-order valence-corrected chi connectivity index (χ0v) is 14.6. The van der Waals surface area contributed by atoms with E-state index < -0.39 is 5.97 Å². The Labute approximate surface area is 152 Å². The highest BCUT2D eigenvalue weighted by atomic mass is 16.6. The number of carbonyl (C=O) groups is 3. The largest absolute Gasteiger partial charge is 0.482 e. The van der Waals surface area contributed by atoms with Crippen molar-refractivity contribution in [3.8, 4) is 5.75 Å². The van der Waals surface area contributed by atoms with E-state index in [-0.39, 0.29) is 24.9 Å². The molecule has 0 atom stereocenters. The molecule has 1 N–H and O–H groups in total. The number of esters is 1. The Bertz CT molecular complexity index is 741. The van der Waals surface area contributed by atoms with E-state index in [0.717, 1.165) is 6.42 Å². The maximum absolute atomic E-state index is 12.3. The first-order valence-corrected chi connectivity index (χ1v) is 8.35. The van der Waals surface area contributed by atoms with Crippen molar-refractivity contribution in [2.24, 2.45) is 0 Å². The van der Waals surface area contributed by atoms with Gasteiger partial charge in [0.1, 0.15) is 5.75 Å². The highest BCUT2D eigenvalue weighted by Crippen LogP contribution is 2.15. The van der Waals surface area contributed by atoms with E-state index in [1.54, 1.807) is 48.5 Å². The normalized spacial score (nSPS) is 10.0. The Morgan fingerprint density at radius 2 is 1.54 bits per heavy atom. The number of hydrogen-bond acceptors (Lipinski definition) is 5. The van der Waals surface area contributed by atoms with Crippen molar-refractivity contribution in [1.82, 2.24) is 5.32 Å². The summed E-state index contributed by atoms with van der Waals surface area (Å²) in [6.07, 6.45) is 0.811. The number of ether oxygens (including phenoxy) is 2. The topological polar surface area (TPSA) is 81.7 Å². The Morgan fingerprint density at radius 1 is 0.885 bits per heavy atom. The molecule has 0 aliphatic rings. The molecule has 136 valence electrons. The lowest BCUT2D eigenvalue weighted by Gasteiger charge is -2.08. The van der Waals surface area contributed by atoms with Crippen molar-refractivity contribution < 1.29 is 23.9 Å². The van der Waals surface area contributed by atoms with Gasteiger partial charge in [-0.25, -0.2) is 4.79 Å². The molecule has 0 saturated heterocycles. The number of carbonyl (C=O) groups excluding carboxylic acids is 3. The van der Waals surface area contributed by atoms with E-state index in [1.165, 1.54) is 0 Å². The number of ketones is 1. The minimum Gasteiger partial charge on any atom is -0.482 e. The van der Waals surface area contributed by atoms with Gasteiger partial charge in [0, 0.05) is 17.7 Å². The van der Waals surface area contributed by atoms with Gasteiger partial charge in [0.15, 0.2) is 19.0 Å². The van der Waals surface area contributed by atoms with Gasteiger partial charge in [-0.05, 0) is 30.7 Å². The fraction of sp³-hybridized carbons (Fsp3) is 0.250. The second-order valence-electron chi connectivity index (χ2n) is 5.52. The summed E-state index contributed by atoms with van der Waals surface area (Å²) in [5.74, 6) is -0.637. The SMILES string of the molecule is CCCNC(=O)COC(=O)COc1ccc(C(=O)c2ccccc2)cc1. The molecule has 0 bridgehead atoms. The van der Waals surface area contributed by atoms with Crippen molar-refractivity contribution in [3.63, 3.8) is 0 Å². The first-order chi connectivity index (χ1) is 12.6. The van der Waals surface area contributed by atoms with E-state index in [9.17, 15) is 14.4 Å². The molecule has 0 spiro atoms. The van der Waals surface area contributed by atoms with Crippen LogP contribution in [0.3, 0.4) is 0 Å². The lowest BCUT2D eigenvalue weighted by molar-refractivity contribution is -0.150. The standard InChI is InChI=1S/C20H21NO5/c1-2-12-21-18(22)13-26-19(23)14-25-17-10-8-16(9-11-17)20(24)15-6-4-3-5-7-15/h3-11H,2,12-14H2,1H3,(H,21,22). The number of nitrogens with one attached hydrogen (secondary N) is 1. The van der Waals surface area contributed by atoms with Crippen LogP contribution in [0.4, 0.5) is 0 Å². The molecular formula is C20H21NO5. The minimum atomic E-state index is -0.638. The summed E-state index contributed by atoms with van der Waals surface area (Å²) in [6, 6.07) is 15.4. The van der Waals surface area contributed by atoms with Gasteiger partial charge in [-0.2, -0.15) is 0 Å². The first-order valence-electron chi connectivity index (χ1n) is 8.35. The van der Waals surface area contributed by atoms with Crippen molar-refractivity contribution >= 4 is 17.7 Å². The zero-order chi connectivity index (χ0) is 18.8. The molecule has 0 heterocycles. The molecule has 0 saturated carbocycles. The summed E-state index contributed by atoms with van der Waals surface area (Å²) in [5.41, 5.74) is 1.13. The predicted molar refractivity (Wildman–Crippen MR) is 96.1 cm³/mol. The summed E-state index contributed by atoms with van der Waals surface area (Å²) in [6.45, 7) is 1.83. The van der Waals surface area contributed by atoms with Gasteiger partial charge < -0.3 is 14.8 Å². The van der Waals surface area contributed by atoms with Crippen LogP contribution in [0.5, 0.6) is 5.75 Å². The molecule has 0 aromatic heterocycles. The Balaban J connectivity index is 1.79. The molecule has 6 heteroatoms. The molecule has 6 nitrogen and oxygen atoms in total. The molecule has 2 aromatic rings. The van der Waals surface area contributed by atoms with E-state index in [2.05, 4.69) is 5.32 Å². The van der Waals surface area contributed by atoms with Crippen LogP contribution in [-0.4, -0.2) is 37.4 Å². The molecular weight excluding hydrogens is 334 g/mol. The molecule has 0 fully saturated rings. The molecule has 0 aliphatic carbocycles. The van der Waals surface area contributed by atoms with Gasteiger partial charge in [-0.3, -0.25) is 9.59 Å². The van der Waals surface area contributed by atoms with Crippen LogP contribution in [0, 0.1) is 0 Å². The Kier molecular flexibility index (Phi) is 7.36. The van der Waals surface area contributed by atoms with E-state index in [0.29, 0.717) is 23.4 Å². The average molecular weight is 355 g/mol. The fourth-order valence-electron chi connectivity index (χ4n) is 2.10. The summed E-state index contributed by atoms with van der Waals surface area (Å²) >= 11 is 0. The van der Waals surface area contributed by atoms with Gasteiger partial charge in [0.25, 0.3) is 5.91 Å². The highest BCUT2D eigenvalue weighted by Gasteiger charge is 2.10. The smallest absolute Gasteiger partial charge is 0.344 e. The van der Waals surface area contributed by atoms with Crippen LogP contribution in [-0.2, 0) is 14.3 Å². The Hall–Kier alpha value is -3.15. The lowest BCUT2D eigenvalue weighted by Crippen LogP contribution is -2.30. The molecule has 0 unspecified atom stereocenters. The van der Waals surface area contributed by atoms with Crippen LogP contribution in [0.15, 0.2) is 54.6 Å². The van der Waals surface area contributed by atoms with E-state index in [1.807, 2.05) is 13.0 Å². The average Bonchev–Trinajstić information content (AvgIpc) is 2.69. The fourth-order valence-corrected chi connectivity index (χ4v) is 2.10. The predicted octanol–water partition coefficient (Wildman–Crippen LogP) is 2.37. The molecule has 2 rings (SSSR count). The summed E-state index contributed by atoms with van der Waals surface area (Å²) < 4.78 is 10.1. The van der Waals surface area contributed by atoms with Gasteiger partial charge in [0.05, 0.1) is 0 Å². The number of hydrogen-bond donors (Lipinski definition) is 1. The van der Waals surface area contributed by atoms with E-state index in [4.69, 9.17) is 9.47 Å². The van der Waals surface area contributed by atoms with E-state index >= 15 is 0 Å². The van der Waals surface area contributed by atoms with Crippen molar-refractivity contribution in [2.75, 3.05) is 19.8 Å². The Morgan fingerprint density at radius 3 is 2.19 bits per heavy atom. The third-order valence-corrected chi connectivity index (χ3v) is 3.45. The lowest BCUT2D eigenvalue weighted by atomic mass is 10.0.